The Kier molecular flexibility index (Phi) is 3.67. The summed E-state index contributed by atoms with van der Waals surface area (Å²) in [4.78, 5) is 0.220. The highest BCUT2D eigenvalue weighted by atomic mass is 79.9. The van der Waals surface area contributed by atoms with Crippen molar-refractivity contribution in [3.8, 4) is 0 Å². The third-order valence-electron chi connectivity index (χ3n) is 3.57. The van der Waals surface area contributed by atoms with Crippen LogP contribution in [0, 0.1) is 0 Å². The molecule has 0 spiro atoms. The zero-order valence-corrected chi connectivity index (χ0v) is 13.9. The molecule has 0 heterocycles. The van der Waals surface area contributed by atoms with Crippen molar-refractivity contribution in [1.29, 1.82) is 0 Å². The Balaban J connectivity index is 1.82. The van der Waals surface area contributed by atoms with Gasteiger partial charge in [-0.15, -0.1) is 0 Å². The van der Waals surface area contributed by atoms with E-state index in [1.807, 2.05) is 43.3 Å². The lowest BCUT2D eigenvalue weighted by Crippen LogP contribution is -2.17. The molecule has 0 bridgehead atoms. The molecule has 0 radical (unpaired) electrons. The predicted molar refractivity (Wildman–Crippen MR) is 87.4 cm³/mol. The van der Waals surface area contributed by atoms with Gasteiger partial charge < -0.3 is 0 Å². The highest BCUT2D eigenvalue weighted by molar-refractivity contribution is 9.10. The Bertz CT molecular complexity index is 757. The van der Waals surface area contributed by atoms with E-state index < -0.39 is 16.2 Å². The van der Waals surface area contributed by atoms with Crippen LogP contribution in [0.3, 0.4) is 0 Å². The first-order valence-electron chi connectivity index (χ1n) is 6.66. The van der Waals surface area contributed by atoms with Gasteiger partial charge in [-0.3, -0.25) is 4.18 Å². The lowest BCUT2D eigenvalue weighted by atomic mass is 10.0. The first kappa shape index (κ1) is 14.8. The van der Waals surface area contributed by atoms with Crippen LogP contribution in [0.1, 0.15) is 30.6 Å². The minimum Gasteiger partial charge on any atom is -0.254 e. The SMILES string of the molecule is CC1(Br)C=CC(S(=O)(=O)OC2C=Cc3ccccc32)=CC1. The summed E-state index contributed by atoms with van der Waals surface area (Å²) < 4.78 is 29.9. The van der Waals surface area contributed by atoms with E-state index in [-0.39, 0.29) is 9.23 Å². The van der Waals surface area contributed by atoms with Gasteiger partial charge in [0.05, 0.1) is 4.91 Å². The molecule has 0 saturated carbocycles. The smallest absolute Gasteiger partial charge is 0.254 e. The van der Waals surface area contributed by atoms with Crippen LogP contribution in [-0.4, -0.2) is 12.7 Å². The van der Waals surface area contributed by atoms with Crippen molar-refractivity contribution >= 4 is 32.1 Å². The first-order valence-corrected chi connectivity index (χ1v) is 8.86. The van der Waals surface area contributed by atoms with Crippen molar-refractivity contribution in [1.82, 2.24) is 0 Å². The lowest BCUT2D eigenvalue weighted by molar-refractivity contribution is 0.268. The van der Waals surface area contributed by atoms with Gasteiger partial charge in [-0.05, 0) is 36.6 Å². The van der Waals surface area contributed by atoms with Crippen LogP contribution in [0.2, 0.25) is 0 Å². The average Bonchev–Trinajstić information content (AvgIpc) is 2.81. The van der Waals surface area contributed by atoms with Crippen molar-refractivity contribution in [2.75, 3.05) is 0 Å². The van der Waals surface area contributed by atoms with Crippen LogP contribution in [0.15, 0.2) is 53.5 Å². The van der Waals surface area contributed by atoms with E-state index in [0.717, 1.165) is 11.1 Å². The highest BCUT2D eigenvalue weighted by Gasteiger charge is 2.29. The van der Waals surface area contributed by atoms with Gasteiger partial charge in [0.25, 0.3) is 10.1 Å². The fraction of sp³-hybridized carbons (Fsp3) is 0.250. The molecular weight excluding hydrogens is 352 g/mol. The van der Waals surface area contributed by atoms with Crippen molar-refractivity contribution in [2.24, 2.45) is 0 Å². The first-order chi connectivity index (χ1) is 9.87. The third-order valence-corrected chi connectivity index (χ3v) is 5.50. The minimum absolute atomic E-state index is 0.189. The van der Waals surface area contributed by atoms with Gasteiger partial charge in [0.15, 0.2) is 0 Å². The number of halogens is 1. The molecule has 2 aliphatic carbocycles. The molecule has 0 aliphatic heterocycles. The molecule has 2 atom stereocenters. The van der Waals surface area contributed by atoms with E-state index in [1.54, 1.807) is 18.2 Å². The summed E-state index contributed by atoms with van der Waals surface area (Å²) in [7, 11) is -3.76. The number of benzene rings is 1. The van der Waals surface area contributed by atoms with Gasteiger partial charge in [-0.2, -0.15) is 8.42 Å². The number of hydrogen-bond acceptors (Lipinski definition) is 3. The van der Waals surface area contributed by atoms with Crippen LogP contribution >= 0.6 is 15.9 Å². The topological polar surface area (TPSA) is 43.4 Å². The van der Waals surface area contributed by atoms with Crippen molar-refractivity contribution in [2.45, 2.75) is 23.8 Å². The minimum atomic E-state index is -3.76. The second-order valence-electron chi connectivity index (χ2n) is 5.38. The largest absolute Gasteiger partial charge is 0.297 e. The molecule has 0 amide bonds. The zero-order chi connectivity index (χ0) is 15.1. The summed E-state index contributed by atoms with van der Waals surface area (Å²) in [5.41, 5.74) is 1.88. The summed E-state index contributed by atoms with van der Waals surface area (Å²) in [5, 5.41) is 0. The van der Waals surface area contributed by atoms with Crippen LogP contribution in [0.4, 0.5) is 0 Å². The van der Waals surface area contributed by atoms with E-state index >= 15 is 0 Å². The maximum Gasteiger partial charge on any atom is 0.297 e. The van der Waals surface area contributed by atoms with E-state index in [2.05, 4.69) is 15.9 Å². The summed E-state index contributed by atoms with van der Waals surface area (Å²) in [6.45, 7) is 1.99. The summed E-state index contributed by atoms with van der Waals surface area (Å²) >= 11 is 3.52. The second kappa shape index (κ2) is 5.23. The lowest BCUT2D eigenvalue weighted by Gasteiger charge is -2.21. The molecule has 0 N–H and O–H groups in total. The molecule has 1 aromatic rings. The van der Waals surface area contributed by atoms with Crippen molar-refractivity contribution in [3.63, 3.8) is 0 Å². The second-order valence-corrected chi connectivity index (χ2v) is 8.76. The maximum atomic E-state index is 12.4. The quantitative estimate of drug-likeness (QED) is 0.597. The fourth-order valence-electron chi connectivity index (χ4n) is 2.37. The third kappa shape index (κ3) is 3.05. The summed E-state index contributed by atoms with van der Waals surface area (Å²) in [6.07, 6.45) is 8.84. The van der Waals surface area contributed by atoms with Gasteiger partial charge in [-0.1, -0.05) is 58.4 Å². The molecule has 0 saturated heterocycles. The Morgan fingerprint density at radius 1 is 1.29 bits per heavy atom. The number of hydrogen-bond donors (Lipinski definition) is 0. The van der Waals surface area contributed by atoms with Gasteiger partial charge in [-0.25, -0.2) is 0 Å². The fourth-order valence-corrected chi connectivity index (χ4v) is 3.74. The molecule has 2 aliphatic rings. The van der Waals surface area contributed by atoms with Gasteiger partial charge in [0.1, 0.15) is 6.10 Å². The molecule has 3 nitrogen and oxygen atoms in total. The van der Waals surface area contributed by atoms with Crippen molar-refractivity contribution < 1.29 is 12.6 Å². The Hall–Kier alpha value is -1.17. The van der Waals surface area contributed by atoms with Gasteiger partial charge >= 0.3 is 0 Å². The Labute approximate surface area is 133 Å². The van der Waals surface area contributed by atoms with Crippen LogP contribution < -0.4 is 0 Å². The monoisotopic (exact) mass is 366 g/mol. The molecule has 3 rings (SSSR count). The summed E-state index contributed by atoms with van der Waals surface area (Å²) in [6, 6.07) is 7.63. The average molecular weight is 367 g/mol. The number of fused-ring (bicyclic) bond motifs is 1. The molecule has 0 fully saturated rings. The van der Waals surface area contributed by atoms with Gasteiger partial charge in [0, 0.05) is 4.32 Å². The molecule has 110 valence electrons. The highest BCUT2D eigenvalue weighted by Crippen LogP contribution is 2.35. The number of alkyl halides is 1. The molecule has 0 aromatic heterocycles. The molecule has 2 unspecified atom stereocenters. The predicted octanol–water partition coefficient (Wildman–Crippen LogP) is 4.10. The zero-order valence-electron chi connectivity index (χ0n) is 11.5. The van der Waals surface area contributed by atoms with E-state index in [4.69, 9.17) is 4.18 Å². The molecule has 21 heavy (non-hydrogen) atoms. The van der Waals surface area contributed by atoms with E-state index in [0.29, 0.717) is 6.42 Å². The van der Waals surface area contributed by atoms with Crippen molar-refractivity contribution in [3.05, 3.63) is 64.6 Å². The summed E-state index contributed by atoms with van der Waals surface area (Å²) in [5.74, 6) is 0. The van der Waals surface area contributed by atoms with Crippen LogP contribution in [0.5, 0.6) is 0 Å². The molecule has 1 aromatic carbocycles. The van der Waals surface area contributed by atoms with E-state index in [1.165, 1.54) is 0 Å². The Morgan fingerprint density at radius 3 is 2.76 bits per heavy atom. The van der Waals surface area contributed by atoms with Crippen LogP contribution in [-0.2, 0) is 14.3 Å². The number of allylic oxidation sites excluding steroid dienone is 3. The standard InChI is InChI=1S/C16H15BrO3S/c1-16(17)10-8-13(9-11-16)21(18,19)20-15-7-6-12-4-2-3-5-14(12)15/h2-10,15H,11H2,1H3. The van der Waals surface area contributed by atoms with E-state index in [9.17, 15) is 8.42 Å². The van der Waals surface area contributed by atoms with Crippen LogP contribution in [0.25, 0.3) is 6.08 Å². The number of rotatable bonds is 3. The van der Waals surface area contributed by atoms with Gasteiger partial charge in [0.2, 0.25) is 0 Å². The normalized spacial score (nSPS) is 27.5. The Morgan fingerprint density at radius 2 is 2.05 bits per heavy atom. The molecule has 5 heteroatoms. The maximum absolute atomic E-state index is 12.4. The molecular formula is C16H15BrO3S.